The molecule has 2 saturated heterocycles. The second kappa shape index (κ2) is 40.1. The highest BCUT2D eigenvalue weighted by Gasteiger charge is 2.47. The zero-order chi connectivity index (χ0) is 49.6. The molecule has 11 atom stereocenters. The maximum atomic E-state index is 13.0. The van der Waals surface area contributed by atoms with Crippen LogP contribution in [0.4, 0.5) is 0 Å². The number of carbonyl (C=O) groups excluding carboxylic acids is 2. The lowest BCUT2D eigenvalue weighted by Gasteiger charge is -2.42. The predicted molar refractivity (Wildman–Crippen MR) is 260 cm³/mol. The highest BCUT2D eigenvalue weighted by molar-refractivity contribution is 5.70. The number of ether oxygens (including phenoxy) is 6. The van der Waals surface area contributed by atoms with Gasteiger partial charge in [0, 0.05) is 12.8 Å². The monoisotopic (exact) mass is 969 g/mol. The van der Waals surface area contributed by atoms with Gasteiger partial charge < -0.3 is 64.2 Å². The number of unbranched alkanes of at least 4 members (excludes halogenated alkanes) is 20. The van der Waals surface area contributed by atoms with E-state index in [1.807, 2.05) is 0 Å². The van der Waals surface area contributed by atoms with Gasteiger partial charge in [0.1, 0.15) is 55.4 Å². The minimum absolute atomic E-state index is 0.143. The third-order valence-electron chi connectivity index (χ3n) is 12.4. The summed E-state index contributed by atoms with van der Waals surface area (Å²) in [5.41, 5.74) is 3.29. The van der Waals surface area contributed by atoms with E-state index in [2.05, 4.69) is 56.0 Å². The Kier molecular flexibility index (Phi) is 36.4. The highest BCUT2D eigenvalue weighted by Crippen LogP contribution is 2.26. The predicted octanol–water partition coefficient (Wildman–Crippen LogP) is 7.48. The summed E-state index contributed by atoms with van der Waals surface area (Å²) in [6, 6.07) is 0. The second-order valence-electron chi connectivity index (χ2n) is 18.4. The standard InChI is InChI=1S/C53H92O15/c1-3-5-7-9-11-13-15-17-19-20-22-23-25-27-29-31-33-35-44(55)63-38-41(66-45(56)36-34-32-30-28-26-24-21-18-16-14-12-10-8-6-4-2)39-64-52-51(62)49(60)47(58)43(68-52)40-65-53-50(61)48(59)46(57)42(37-54)67-53/h11,13,16-17,19,21,41-43,46-54,57-62H,3-10,12,14-15,20,22-40H2,1-2H3/b13-11+,19-17+/t18?,41-,42+,43+,46-,47-,48?,49?,50?,51?,52+,53+/m0/s1. The van der Waals surface area contributed by atoms with Crippen molar-refractivity contribution < 1.29 is 73.8 Å². The van der Waals surface area contributed by atoms with E-state index in [0.29, 0.717) is 12.8 Å². The fraction of sp³-hybridized carbons (Fsp3) is 0.830. The van der Waals surface area contributed by atoms with E-state index in [0.717, 1.165) is 77.0 Å². The Morgan fingerprint density at radius 1 is 0.515 bits per heavy atom. The zero-order valence-electron chi connectivity index (χ0n) is 41.6. The van der Waals surface area contributed by atoms with E-state index < -0.39 is 99.3 Å². The van der Waals surface area contributed by atoms with Crippen LogP contribution in [0, 0.1) is 0 Å². The largest absolute Gasteiger partial charge is 0.462 e. The number of hydrogen-bond acceptors (Lipinski definition) is 15. The molecule has 15 nitrogen and oxygen atoms in total. The van der Waals surface area contributed by atoms with E-state index in [1.54, 1.807) is 0 Å². The van der Waals surface area contributed by atoms with Crippen molar-refractivity contribution in [3.8, 4) is 0 Å². The maximum Gasteiger partial charge on any atom is 0.306 e. The summed E-state index contributed by atoms with van der Waals surface area (Å²) in [4.78, 5) is 25.8. The van der Waals surface area contributed by atoms with Crippen LogP contribution in [-0.4, -0.2) is 142 Å². The van der Waals surface area contributed by atoms with Gasteiger partial charge in [0.2, 0.25) is 0 Å². The van der Waals surface area contributed by atoms with Crippen molar-refractivity contribution in [3.05, 3.63) is 42.2 Å². The molecule has 2 fully saturated rings. The molecule has 0 spiro atoms. The molecule has 2 aliphatic rings. The Morgan fingerprint density at radius 3 is 1.54 bits per heavy atom. The first-order valence-corrected chi connectivity index (χ1v) is 26.3. The van der Waals surface area contributed by atoms with Crippen LogP contribution >= 0.6 is 0 Å². The van der Waals surface area contributed by atoms with Crippen LogP contribution < -0.4 is 0 Å². The van der Waals surface area contributed by atoms with Crippen LogP contribution in [0.2, 0.25) is 0 Å². The maximum absolute atomic E-state index is 13.0. The zero-order valence-corrected chi connectivity index (χ0v) is 41.6. The average Bonchev–Trinajstić information content (AvgIpc) is 3.33. The lowest BCUT2D eigenvalue weighted by molar-refractivity contribution is -0.332. The molecule has 15 heteroatoms. The Bertz CT molecular complexity index is 1380. The van der Waals surface area contributed by atoms with Crippen LogP contribution in [0.3, 0.4) is 0 Å². The van der Waals surface area contributed by atoms with E-state index >= 15 is 0 Å². The van der Waals surface area contributed by atoms with Crippen molar-refractivity contribution in [1.29, 1.82) is 0 Å². The molecule has 4 unspecified atom stereocenters. The topological polar surface area (TPSA) is 231 Å². The van der Waals surface area contributed by atoms with Crippen molar-refractivity contribution in [2.24, 2.45) is 0 Å². The van der Waals surface area contributed by atoms with Crippen LogP contribution in [0.1, 0.15) is 187 Å². The summed E-state index contributed by atoms with van der Waals surface area (Å²) in [6.07, 6.45) is 23.7. The molecule has 2 aliphatic heterocycles. The molecule has 0 radical (unpaired) electrons. The van der Waals surface area contributed by atoms with Crippen molar-refractivity contribution in [2.75, 3.05) is 26.4 Å². The highest BCUT2D eigenvalue weighted by atomic mass is 16.7. The van der Waals surface area contributed by atoms with E-state index in [9.17, 15) is 45.3 Å². The number of carbonyl (C=O) groups is 2. The molecular formula is C53H92O15. The summed E-state index contributed by atoms with van der Waals surface area (Å²) in [7, 11) is 0. The van der Waals surface area contributed by atoms with E-state index in [-0.39, 0.29) is 19.4 Å². The van der Waals surface area contributed by atoms with Gasteiger partial charge in [0.25, 0.3) is 0 Å². The molecule has 0 amide bonds. The van der Waals surface area contributed by atoms with E-state index in [1.165, 1.54) is 70.6 Å². The third-order valence-corrected chi connectivity index (χ3v) is 12.4. The molecule has 2 heterocycles. The molecule has 68 heavy (non-hydrogen) atoms. The summed E-state index contributed by atoms with van der Waals surface area (Å²) in [5, 5.41) is 72.1. The molecule has 394 valence electrons. The minimum atomic E-state index is -1.77. The van der Waals surface area contributed by atoms with Gasteiger partial charge in [0.05, 0.1) is 19.8 Å². The Balaban J connectivity index is 1.81. The smallest absolute Gasteiger partial charge is 0.306 e. The van der Waals surface area contributed by atoms with Gasteiger partial charge in [-0.3, -0.25) is 9.59 Å². The van der Waals surface area contributed by atoms with Crippen LogP contribution in [-0.2, 0) is 38.0 Å². The van der Waals surface area contributed by atoms with Gasteiger partial charge in [-0.2, -0.15) is 0 Å². The summed E-state index contributed by atoms with van der Waals surface area (Å²) in [5.74, 6) is -0.954. The SMILES string of the molecule is CCCCC/C=C/C/C=C/CCCCCCCCCC(=O)OC[C@@H](CO[C@@H]1O[C@H](CO[C@@H]2O[C@H](CO)[C@H](O)C(O)C2O)[C@H](O)C(O)C1O)OC(=O)CCCCCCCC=C=CCCCCCCC. The summed E-state index contributed by atoms with van der Waals surface area (Å²) < 4.78 is 33.6. The first-order chi connectivity index (χ1) is 33.0. The van der Waals surface area contributed by atoms with Crippen molar-refractivity contribution in [1.82, 2.24) is 0 Å². The van der Waals surface area contributed by atoms with Gasteiger partial charge in [-0.05, 0) is 82.8 Å². The lowest BCUT2D eigenvalue weighted by atomic mass is 9.98. The van der Waals surface area contributed by atoms with Crippen molar-refractivity contribution in [2.45, 2.75) is 255 Å². The van der Waals surface area contributed by atoms with Gasteiger partial charge in [0.15, 0.2) is 18.7 Å². The molecule has 0 aromatic heterocycles. The first-order valence-electron chi connectivity index (χ1n) is 26.3. The quantitative estimate of drug-likeness (QED) is 0.0137. The van der Waals surface area contributed by atoms with Crippen LogP contribution in [0.15, 0.2) is 42.2 Å². The second-order valence-corrected chi connectivity index (χ2v) is 18.4. The fourth-order valence-electron chi connectivity index (χ4n) is 7.99. The lowest BCUT2D eigenvalue weighted by Crippen LogP contribution is -2.61. The number of allylic oxidation sites excluding steroid dienone is 5. The van der Waals surface area contributed by atoms with Gasteiger partial charge in [-0.1, -0.05) is 128 Å². The Hall–Kier alpha value is -2.50. The van der Waals surface area contributed by atoms with E-state index in [4.69, 9.17) is 28.4 Å². The van der Waals surface area contributed by atoms with Crippen LogP contribution in [0.25, 0.3) is 0 Å². The van der Waals surface area contributed by atoms with Gasteiger partial charge in [-0.15, -0.1) is 5.73 Å². The van der Waals surface area contributed by atoms with Crippen molar-refractivity contribution >= 4 is 11.9 Å². The average molecular weight is 969 g/mol. The Morgan fingerprint density at radius 2 is 0.971 bits per heavy atom. The van der Waals surface area contributed by atoms with Crippen LogP contribution in [0.5, 0.6) is 0 Å². The molecular weight excluding hydrogens is 877 g/mol. The molecule has 2 rings (SSSR count). The van der Waals surface area contributed by atoms with Gasteiger partial charge in [-0.25, -0.2) is 0 Å². The molecule has 0 saturated carbocycles. The summed E-state index contributed by atoms with van der Waals surface area (Å²) >= 11 is 0. The molecule has 0 aromatic carbocycles. The number of aliphatic hydroxyl groups is 7. The normalized spacial score (nSPS) is 25.7. The third kappa shape index (κ3) is 27.8. The first kappa shape index (κ1) is 61.6. The number of hydrogen-bond donors (Lipinski definition) is 7. The summed E-state index contributed by atoms with van der Waals surface area (Å²) in [6.45, 7) is 2.52. The Labute approximate surface area is 408 Å². The minimum Gasteiger partial charge on any atom is -0.462 e. The molecule has 0 aliphatic carbocycles. The molecule has 0 aromatic rings. The van der Waals surface area contributed by atoms with Gasteiger partial charge >= 0.3 is 11.9 Å². The molecule has 7 N–H and O–H groups in total. The van der Waals surface area contributed by atoms with Crippen molar-refractivity contribution in [3.63, 3.8) is 0 Å². The number of esters is 2. The fourth-order valence-corrected chi connectivity index (χ4v) is 7.99. The number of aliphatic hydroxyl groups excluding tert-OH is 7. The number of rotatable bonds is 40. The molecule has 0 bridgehead atoms.